The topological polar surface area (TPSA) is 99.0 Å². The summed E-state index contributed by atoms with van der Waals surface area (Å²) >= 11 is 0. The van der Waals surface area contributed by atoms with Crippen LogP contribution in [-0.2, 0) is 0 Å². The molecule has 1 aliphatic heterocycles. The van der Waals surface area contributed by atoms with Gasteiger partial charge in [-0.05, 0) is 37.1 Å². The smallest absolute Gasteiger partial charge is 0.322 e. The van der Waals surface area contributed by atoms with E-state index in [2.05, 4.69) is 15.5 Å². The fourth-order valence-electron chi connectivity index (χ4n) is 3.66. The zero-order valence-electron chi connectivity index (χ0n) is 17.6. The third-order valence-electron chi connectivity index (χ3n) is 5.24. The van der Waals surface area contributed by atoms with E-state index in [0.717, 1.165) is 18.4 Å². The van der Waals surface area contributed by atoms with Crippen LogP contribution in [0.25, 0.3) is 11.4 Å². The molecule has 1 aliphatic rings. The zero-order chi connectivity index (χ0) is 21.8. The molecule has 1 saturated heterocycles. The number of hydrogen-bond donors (Lipinski definition) is 1. The van der Waals surface area contributed by atoms with E-state index in [-0.39, 0.29) is 12.1 Å². The molecule has 162 valence electrons. The van der Waals surface area contributed by atoms with Gasteiger partial charge in [-0.3, -0.25) is 0 Å². The first-order chi connectivity index (χ1) is 15.1. The van der Waals surface area contributed by atoms with Crippen LogP contribution in [0.15, 0.2) is 47.0 Å². The Hall–Kier alpha value is -3.75. The minimum atomic E-state index is -0.305. The van der Waals surface area contributed by atoms with Crippen molar-refractivity contribution in [1.29, 1.82) is 0 Å². The molecule has 1 unspecified atom stereocenters. The lowest BCUT2D eigenvalue weighted by atomic mass is 10.2. The van der Waals surface area contributed by atoms with Gasteiger partial charge in [0.05, 0.1) is 32.6 Å². The normalized spacial score (nSPS) is 15.6. The first-order valence-corrected chi connectivity index (χ1v) is 9.91. The summed E-state index contributed by atoms with van der Waals surface area (Å²) in [5.74, 6) is 2.64. The van der Waals surface area contributed by atoms with Gasteiger partial charge in [0.1, 0.15) is 23.3 Å². The summed E-state index contributed by atoms with van der Waals surface area (Å²) in [6.45, 7) is 0.585. The number of amides is 2. The molecule has 9 heteroatoms. The molecule has 0 bridgehead atoms. The maximum atomic E-state index is 13.0. The van der Waals surface area contributed by atoms with Crippen molar-refractivity contribution in [2.24, 2.45) is 0 Å². The van der Waals surface area contributed by atoms with Crippen LogP contribution in [-0.4, -0.2) is 48.9 Å². The predicted molar refractivity (Wildman–Crippen MR) is 114 cm³/mol. The van der Waals surface area contributed by atoms with Gasteiger partial charge < -0.3 is 29.0 Å². The number of carbonyl (C=O) groups excluding carboxylic acids is 1. The number of likely N-dealkylation sites (tertiary alicyclic amines) is 1. The Morgan fingerprint density at radius 2 is 1.90 bits per heavy atom. The molecule has 0 aliphatic carbocycles. The zero-order valence-corrected chi connectivity index (χ0v) is 17.6. The van der Waals surface area contributed by atoms with E-state index < -0.39 is 0 Å². The van der Waals surface area contributed by atoms with E-state index in [1.165, 1.54) is 0 Å². The van der Waals surface area contributed by atoms with Gasteiger partial charge in [-0.15, -0.1) is 0 Å². The Labute approximate surface area is 179 Å². The van der Waals surface area contributed by atoms with E-state index in [9.17, 15) is 4.79 Å². The number of rotatable bonds is 6. The number of carbonyl (C=O) groups is 1. The maximum absolute atomic E-state index is 13.0. The van der Waals surface area contributed by atoms with Crippen LogP contribution in [0.4, 0.5) is 10.5 Å². The first kappa shape index (κ1) is 20.5. The summed E-state index contributed by atoms with van der Waals surface area (Å²) in [4.78, 5) is 19.3. The van der Waals surface area contributed by atoms with Gasteiger partial charge in [0.15, 0.2) is 0 Å². The predicted octanol–water partition coefficient (Wildman–Crippen LogP) is 4.13. The summed E-state index contributed by atoms with van der Waals surface area (Å²) < 4.78 is 21.5. The van der Waals surface area contributed by atoms with Gasteiger partial charge in [0.25, 0.3) is 0 Å². The molecule has 1 N–H and O–H groups in total. The number of nitrogens with one attached hydrogen (secondary N) is 1. The van der Waals surface area contributed by atoms with Crippen LogP contribution in [0, 0.1) is 0 Å². The molecule has 2 aromatic carbocycles. The fraction of sp³-hybridized carbons (Fsp3) is 0.318. The molecular weight excluding hydrogens is 400 g/mol. The second-order valence-corrected chi connectivity index (χ2v) is 7.00. The molecule has 0 spiro atoms. The van der Waals surface area contributed by atoms with Crippen molar-refractivity contribution in [2.45, 2.75) is 18.9 Å². The van der Waals surface area contributed by atoms with Crippen molar-refractivity contribution < 1.29 is 23.5 Å². The van der Waals surface area contributed by atoms with Gasteiger partial charge >= 0.3 is 6.03 Å². The number of urea groups is 1. The van der Waals surface area contributed by atoms with Crippen molar-refractivity contribution in [3.63, 3.8) is 0 Å². The van der Waals surface area contributed by atoms with Crippen LogP contribution >= 0.6 is 0 Å². The lowest BCUT2D eigenvalue weighted by Crippen LogP contribution is -2.34. The number of para-hydroxylation sites is 1. The number of methoxy groups -OCH3 is 3. The molecule has 2 amide bonds. The van der Waals surface area contributed by atoms with Crippen molar-refractivity contribution in [2.75, 3.05) is 33.2 Å². The molecule has 4 rings (SSSR count). The molecular formula is C22H24N4O5. The Bertz CT molecular complexity index is 1070. The molecule has 31 heavy (non-hydrogen) atoms. The molecule has 2 heterocycles. The monoisotopic (exact) mass is 424 g/mol. The van der Waals surface area contributed by atoms with Gasteiger partial charge in [0.2, 0.25) is 11.7 Å². The minimum absolute atomic E-state index is 0.261. The average Bonchev–Trinajstić information content (AvgIpc) is 3.49. The average molecular weight is 424 g/mol. The Morgan fingerprint density at radius 1 is 1.10 bits per heavy atom. The van der Waals surface area contributed by atoms with Crippen LogP contribution in [0.3, 0.4) is 0 Å². The number of aromatic nitrogens is 2. The molecule has 1 fully saturated rings. The van der Waals surface area contributed by atoms with E-state index in [0.29, 0.717) is 41.2 Å². The number of ether oxygens (including phenoxy) is 3. The second kappa shape index (κ2) is 8.95. The highest BCUT2D eigenvalue weighted by Gasteiger charge is 2.34. The van der Waals surface area contributed by atoms with E-state index in [4.69, 9.17) is 18.7 Å². The Balaban J connectivity index is 1.53. The van der Waals surface area contributed by atoms with Gasteiger partial charge in [0, 0.05) is 12.6 Å². The highest BCUT2D eigenvalue weighted by atomic mass is 16.5. The van der Waals surface area contributed by atoms with E-state index >= 15 is 0 Å². The van der Waals surface area contributed by atoms with E-state index in [1.807, 2.05) is 24.3 Å². The summed E-state index contributed by atoms with van der Waals surface area (Å²) in [6.07, 6.45) is 1.57. The molecule has 0 radical (unpaired) electrons. The largest absolute Gasteiger partial charge is 0.497 e. The van der Waals surface area contributed by atoms with Crippen molar-refractivity contribution in [1.82, 2.24) is 15.0 Å². The van der Waals surface area contributed by atoms with Crippen LogP contribution in [0.5, 0.6) is 17.2 Å². The van der Waals surface area contributed by atoms with Crippen LogP contribution in [0.1, 0.15) is 24.8 Å². The van der Waals surface area contributed by atoms with Gasteiger partial charge in [-0.25, -0.2) is 4.79 Å². The number of hydrogen-bond acceptors (Lipinski definition) is 7. The molecule has 1 aromatic heterocycles. The summed E-state index contributed by atoms with van der Waals surface area (Å²) in [7, 11) is 4.71. The number of nitrogens with zero attached hydrogens (tertiary/aromatic N) is 3. The minimum Gasteiger partial charge on any atom is -0.497 e. The number of anilines is 1. The van der Waals surface area contributed by atoms with E-state index in [1.54, 1.807) is 44.4 Å². The highest BCUT2D eigenvalue weighted by Crippen LogP contribution is 2.35. The molecule has 9 nitrogen and oxygen atoms in total. The summed E-state index contributed by atoms with van der Waals surface area (Å²) in [5, 5.41) is 7.01. The lowest BCUT2D eigenvalue weighted by Gasteiger charge is -2.23. The third-order valence-corrected chi connectivity index (χ3v) is 5.24. The van der Waals surface area contributed by atoms with Crippen LogP contribution < -0.4 is 19.5 Å². The standard InChI is InChI=1S/C22H24N4O5/c1-28-14-10-11-16(19(13-14)30-3)23-22(27)26-12-6-8-17(26)21-24-20(25-31-21)15-7-4-5-9-18(15)29-2/h4-5,7,9-11,13,17H,6,8,12H2,1-3H3,(H,23,27). The summed E-state index contributed by atoms with van der Waals surface area (Å²) in [5.41, 5.74) is 1.29. The fourth-order valence-corrected chi connectivity index (χ4v) is 3.66. The molecule has 1 atom stereocenters. The van der Waals surface area contributed by atoms with Crippen LogP contribution in [0.2, 0.25) is 0 Å². The lowest BCUT2D eigenvalue weighted by molar-refractivity contribution is 0.193. The molecule has 3 aromatic rings. The summed E-state index contributed by atoms with van der Waals surface area (Å²) in [6, 6.07) is 12.1. The molecule has 0 saturated carbocycles. The van der Waals surface area contributed by atoms with Crippen molar-refractivity contribution in [3.8, 4) is 28.6 Å². The quantitative estimate of drug-likeness (QED) is 0.635. The SMILES string of the molecule is COc1ccc(NC(=O)N2CCCC2c2nc(-c3ccccc3OC)no2)c(OC)c1. The van der Waals surface area contributed by atoms with Gasteiger partial charge in [-0.1, -0.05) is 17.3 Å². The number of benzene rings is 2. The maximum Gasteiger partial charge on any atom is 0.322 e. The van der Waals surface area contributed by atoms with Crippen molar-refractivity contribution in [3.05, 3.63) is 48.4 Å². The Morgan fingerprint density at radius 3 is 2.68 bits per heavy atom. The highest BCUT2D eigenvalue weighted by molar-refractivity contribution is 5.91. The Kier molecular flexibility index (Phi) is 5.92. The van der Waals surface area contributed by atoms with Gasteiger partial charge in [-0.2, -0.15) is 4.98 Å². The van der Waals surface area contributed by atoms with Crippen molar-refractivity contribution >= 4 is 11.7 Å². The first-order valence-electron chi connectivity index (χ1n) is 9.91. The third kappa shape index (κ3) is 4.11. The second-order valence-electron chi connectivity index (χ2n) is 7.00.